The van der Waals surface area contributed by atoms with Gasteiger partial charge in [0.15, 0.2) is 0 Å². The average molecular weight is 374 g/mol. The van der Waals surface area contributed by atoms with E-state index in [2.05, 4.69) is 19.3 Å². The third-order valence-corrected chi connectivity index (χ3v) is 6.21. The lowest BCUT2D eigenvalue weighted by atomic mass is 9.76. The second-order valence-corrected chi connectivity index (χ2v) is 8.52. The molecule has 0 fully saturated rings. The van der Waals surface area contributed by atoms with Gasteiger partial charge in [-0.1, -0.05) is 19.9 Å². The number of aromatic carboxylic acids is 2. The molecule has 2 aromatic rings. The lowest BCUT2D eigenvalue weighted by molar-refractivity contribution is 0.0686. The quantitative estimate of drug-likeness (QED) is 0.472. The number of hydrogen-bond donors (Lipinski definition) is 4. The summed E-state index contributed by atoms with van der Waals surface area (Å²) in [5, 5.41) is 19.2. The molecule has 1 aliphatic carbocycles. The first kappa shape index (κ1) is 18.6. The fourth-order valence-corrected chi connectivity index (χ4v) is 4.88. The summed E-state index contributed by atoms with van der Waals surface area (Å²) in [5.74, 6) is 3.44. The number of hydrogen-bond acceptors (Lipinski definition) is 5. The molecule has 6 nitrogen and oxygen atoms in total. The van der Waals surface area contributed by atoms with Gasteiger partial charge in [-0.3, -0.25) is 11.3 Å². The molecule has 0 saturated carbocycles. The number of thiophene rings is 1. The van der Waals surface area contributed by atoms with Crippen molar-refractivity contribution in [3.63, 3.8) is 0 Å². The average Bonchev–Trinajstić information content (AvgIpc) is 2.92. The molecule has 0 atom stereocenters. The van der Waals surface area contributed by atoms with E-state index in [1.165, 1.54) is 17.4 Å². The van der Waals surface area contributed by atoms with Crippen molar-refractivity contribution in [1.29, 1.82) is 0 Å². The smallest absolute Gasteiger partial charge is 0.337 e. The summed E-state index contributed by atoms with van der Waals surface area (Å²) >= 11 is 1.46. The number of benzene rings is 1. The number of rotatable bonds is 5. The summed E-state index contributed by atoms with van der Waals surface area (Å²) in [6.07, 6.45) is 2.56. The van der Waals surface area contributed by atoms with Gasteiger partial charge in [-0.25, -0.2) is 9.59 Å². The van der Waals surface area contributed by atoms with E-state index < -0.39 is 11.9 Å². The minimum atomic E-state index is -1.04. The van der Waals surface area contributed by atoms with E-state index in [0.717, 1.165) is 28.8 Å². The Hall–Kier alpha value is -2.22. The Morgan fingerprint density at radius 2 is 2.00 bits per heavy atom. The molecule has 138 valence electrons. The summed E-state index contributed by atoms with van der Waals surface area (Å²) in [7, 11) is 0. The first-order chi connectivity index (χ1) is 12.2. The minimum absolute atomic E-state index is 0.0557. The highest BCUT2D eigenvalue weighted by atomic mass is 32.1. The van der Waals surface area contributed by atoms with Crippen LogP contribution in [0.1, 0.15) is 57.0 Å². The molecule has 0 unspecified atom stereocenters. The molecule has 7 heteroatoms. The first-order valence-electron chi connectivity index (χ1n) is 8.41. The Balaban J connectivity index is 2.24. The third kappa shape index (κ3) is 3.38. The monoisotopic (exact) mass is 374 g/mol. The molecule has 1 heterocycles. The van der Waals surface area contributed by atoms with Gasteiger partial charge in [0.05, 0.1) is 11.1 Å². The van der Waals surface area contributed by atoms with Crippen molar-refractivity contribution in [2.24, 2.45) is 11.3 Å². The standard InChI is InChI=1S/C19H22N2O4S/c1-19(2)6-5-14-13(8-19)15(18(24)25)16(26-14)12-7-10(17(22)23)3-4-11(12)9-21-20/h3-4,7,21H,5-6,8-9,20H2,1-2H3,(H,22,23)(H,24,25). The van der Waals surface area contributed by atoms with Gasteiger partial charge >= 0.3 is 11.9 Å². The summed E-state index contributed by atoms with van der Waals surface area (Å²) in [6.45, 7) is 4.61. The van der Waals surface area contributed by atoms with Crippen molar-refractivity contribution in [1.82, 2.24) is 5.43 Å². The maximum Gasteiger partial charge on any atom is 0.337 e. The second kappa shape index (κ2) is 6.83. The lowest BCUT2D eigenvalue weighted by Gasteiger charge is -2.29. The highest BCUT2D eigenvalue weighted by Gasteiger charge is 2.33. The van der Waals surface area contributed by atoms with Gasteiger partial charge in [0.2, 0.25) is 0 Å². The van der Waals surface area contributed by atoms with Gasteiger partial charge in [-0.2, -0.15) is 0 Å². The summed E-state index contributed by atoms with van der Waals surface area (Å²) in [6, 6.07) is 4.74. The molecule has 0 aliphatic heterocycles. The minimum Gasteiger partial charge on any atom is -0.478 e. The van der Waals surface area contributed by atoms with Crippen LogP contribution in [0.5, 0.6) is 0 Å². The molecule has 1 aromatic carbocycles. The molecule has 1 aromatic heterocycles. The lowest BCUT2D eigenvalue weighted by Crippen LogP contribution is -2.22. The maximum absolute atomic E-state index is 12.1. The van der Waals surface area contributed by atoms with Gasteiger partial charge in [0, 0.05) is 16.3 Å². The molecule has 0 amide bonds. The highest BCUT2D eigenvalue weighted by Crippen LogP contribution is 2.45. The number of nitrogens with one attached hydrogen (secondary N) is 1. The molecule has 26 heavy (non-hydrogen) atoms. The van der Waals surface area contributed by atoms with Gasteiger partial charge < -0.3 is 10.2 Å². The predicted molar refractivity (Wildman–Crippen MR) is 101 cm³/mol. The Morgan fingerprint density at radius 1 is 1.27 bits per heavy atom. The maximum atomic E-state index is 12.1. The van der Waals surface area contributed by atoms with Crippen LogP contribution in [0.15, 0.2) is 18.2 Å². The van der Waals surface area contributed by atoms with Crippen molar-refractivity contribution in [3.05, 3.63) is 45.3 Å². The van der Waals surface area contributed by atoms with Crippen molar-refractivity contribution < 1.29 is 19.8 Å². The number of carbonyl (C=O) groups is 2. The largest absolute Gasteiger partial charge is 0.478 e. The second-order valence-electron chi connectivity index (χ2n) is 7.41. The molecular weight excluding hydrogens is 352 g/mol. The Morgan fingerprint density at radius 3 is 2.62 bits per heavy atom. The zero-order chi connectivity index (χ0) is 19.1. The third-order valence-electron chi connectivity index (χ3n) is 4.88. The van der Waals surface area contributed by atoms with Gasteiger partial charge in [0.25, 0.3) is 0 Å². The van der Waals surface area contributed by atoms with E-state index in [0.29, 0.717) is 29.0 Å². The van der Waals surface area contributed by atoms with E-state index in [1.807, 2.05) is 0 Å². The Bertz CT molecular complexity index is 886. The van der Waals surface area contributed by atoms with E-state index in [9.17, 15) is 19.8 Å². The normalized spacial score (nSPS) is 15.5. The highest BCUT2D eigenvalue weighted by molar-refractivity contribution is 7.16. The topological polar surface area (TPSA) is 113 Å². The number of nitrogens with two attached hydrogens (primary N) is 1. The van der Waals surface area contributed by atoms with E-state index in [4.69, 9.17) is 5.84 Å². The Labute approximate surface area is 155 Å². The van der Waals surface area contributed by atoms with Crippen molar-refractivity contribution >= 4 is 23.3 Å². The van der Waals surface area contributed by atoms with Crippen LogP contribution in [-0.2, 0) is 19.4 Å². The predicted octanol–water partition coefficient (Wildman–Crippen LogP) is 3.29. The number of fused-ring (bicyclic) bond motifs is 1. The van der Waals surface area contributed by atoms with Crippen molar-refractivity contribution in [2.75, 3.05) is 0 Å². The first-order valence-corrected chi connectivity index (χ1v) is 9.23. The molecule has 0 saturated heterocycles. The van der Waals surface area contributed by atoms with Crippen LogP contribution >= 0.6 is 11.3 Å². The van der Waals surface area contributed by atoms with Crippen LogP contribution in [0.2, 0.25) is 0 Å². The SMILES string of the molecule is CC1(C)CCc2sc(-c3cc(C(=O)O)ccc3CNN)c(C(=O)O)c2C1. The summed E-state index contributed by atoms with van der Waals surface area (Å²) in [5.41, 5.74) is 5.35. The number of aryl methyl sites for hydroxylation is 1. The van der Waals surface area contributed by atoms with E-state index >= 15 is 0 Å². The van der Waals surface area contributed by atoms with Crippen LogP contribution in [-0.4, -0.2) is 22.2 Å². The number of hydrazine groups is 1. The molecule has 0 bridgehead atoms. The van der Waals surface area contributed by atoms with Crippen LogP contribution in [0.25, 0.3) is 10.4 Å². The summed E-state index contributed by atoms with van der Waals surface area (Å²) < 4.78 is 0. The zero-order valence-corrected chi connectivity index (χ0v) is 15.6. The van der Waals surface area contributed by atoms with Crippen molar-refractivity contribution in [2.45, 2.75) is 39.7 Å². The molecule has 0 radical (unpaired) electrons. The van der Waals surface area contributed by atoms with E-state index in [1.54, 1.807) is 12.1 Å². The number of carboxylic acids is 2. The molecule has 5 N–H and O–H groups in total. The Kier molecular flexibility index (Phi) is 4.88. The molecular formula is C19H22N2O4S. The summed E-state index contributed by atoms with van der Waals surface area (Å²) in [4.78, 5) is 25.2. The van der Waals surface area contributed by atoms with Gasteiger partial charge in [-0.15, -0.1) is 11.3 Å². The fraction of sp³-hybridized carbons (Fsp3) is 0.368. The van der Waals surface area contributed by atoms with Crippen molar-refractivity contribution in [3.8, 4) is 10.4 Å². The fourth-order valence-electron chi connectivity index (χ4n) is 3.52. The van der Waals surface area contributed by atoms with Crippen LogP contribution in [0, 0.1) is 5.41 Å². The zero-order valence-electron chi connectivity index (χ0n) is 14.8. The van der Waals surface area contributed by atoms with E-state index in [-0.39, 0.29) is 11.0 Å². The molecule has 3 rings (SSSR count). The van der Waals surface area contributed by atoms with Crippen LogP contribution in [0.4, 0.5) is 0 Å². The van der Waals surface area contributed by atoms with Gasteiger partial charge in [0.1, 0.15) is 0 Å². The van der Waals surface area contributed by atoms with Gasteiger partial charge in [-0.05, 0) is 53.5 Å². The van der Waals surface area contributed by atoms with Crippen LogP contribution in [0.3, 0.4) is 0 Å². The number of carboxylic acid groups (broad SMARTS) is 2. The molecule has 0 spiro atoms. The molecule has 1 aliphatic rings. The van der Waals surface area contributed by atoms with Crippen LogP contribution < -0.4 is 11.3 Å².